The number of rotatable bonds is 0. The highest BCUT2D eigenvalue weighted by atomic mass is 16.7. The zero-order chi connectivity index (χ0) is 8.39. The fraction of sp³-hybridized carbons (Fsp3) is 0.444. The molecule has 3 heteroatoms. The number of nitrogens with one attached hydrogen (secondary N) is 1. The van der Waals surface area contributed by atoms with Crippen LogP contribution in [0.5, 0.6) is 0 Å². The van der Waals surface area contributed by atoms with Crippen LogP contribution >= 0.6 is 0 Å². The molecule has 0 spiro atoms. The highest BCUT2D eigenvalue weighted by Crippen LogP contribution is 2.26. The van der Waals surface area contributed by atoms with Gasteiger partial charge in [-0.1, -0.05) is 12.2 Å². The molecular formula is C9H11NO2. The topological polar surface area (TPSA) is 38.3 Å². The number of hydroxylamine groups is 1. The molecule has 1 aliphatic heterocycles. The van der Waals surface area contributed by atoms with Crippen LogP contribution in [0.3, 0.4) is 0 Å². The number of carbonyl (C=O) groups is 1. The zero-order valence-electron chi connectivity index (χ0n) is 6.75. The van der Waals surface area contributed by atoms with E-state index < -0.39 is 0 Å². The average molecular weight is 165 g/mol. The van der Waals surface area contributed by atoms with E-state index in [0.29, 0.717) is 12.3 Å². The van der Waals surface area contributed by atoms with Crippen LogP contribution < -0.4 is 5.48 Å². The molecule has 3 nitrogen and oxygen atoms in total. The number of hydrogen-bond donors (Lipinski definition) is 1. The second-order valence-electron chi connectivity index (χ2n) is 3.10. The van der Waals surface area contributed by atoms with Gasteiger partial charge in [-0.3, -0.25) is 4.79 Å². The lowest BCUT2D eigenvalue weighted by atomic mass is 9.94. The Morgan fingerprint density at radius 1 is 1.58 bits per heavy atom. The normalized spacial score (nSPS) is 27.8. The van der Waals surface area contributed by atoms with Crippen LogP contribution in [0.4, 0.5) is 0 Å². The summed E-state index contributed by atoms with van der Waals surface area (Å²) in [5.41, 5.74) is 2.40. The summed E-state index contributed by atoms with van der Waals surface area (Å²) in [6.07, 6.45) is 8.43. The van der Waals surface area contributed by atoms with Gasteiger partial charge >= 0.3 is 0 Å². The van der Waals surface area contributed by atoms with Crippen LogP contribution in [-0.4, -0.2) is 5.91 Å². The highest BCUT2D eigenvalue weighted by molar-refractivity contribution is 5.75. The molecule has 0 aromatic heterocycles. The van der Waals surface area contributed by atoms with Gasteiger partial charge in [-0.15, -0.1) is 0 Å². The summed E-state index contributed by atoms with van der Waals surface area (Å²) in [5, 5.41) is 0. The Balaban J connectivity index is 2.13. The van der Waals surface area contributed by atoms with Gasteiger partial charge in [-0.25, -0.2) is 0 Å². The van der Waals surface area contributed by atoms with Gasteiger partial charge in [0.2, 0.25) is 0 Å². The molecule has 1 saturated heterocycles. The summed E-state index contributed by atoms with van der Waals surface area (Å²) in [6.45, 7) is 0. The largest absolute Gasteiger partial charge is 0.384 e. The molecule has 1 atom stereocenters. The van der Waals surface area contributed by atoms with E-state index in [-0.39, 0.29) is 5.91 Å². The van der Waals surface area contributed by atoms with Crippen molar-refractivity contribution in [2.45, 2.75) is 19.3 Å². The van der Waals surface area contributed by atoms with Gasteiger partial charge in [-0.2, -0.15) is 5.48 Å². The molecule has 2 aliphatic rings. The molecule has 1 fully saturated rings. The molecule has 12 heavy (non-hydrogen) atoms. The lowest BCUT2D eigenvalue weighted by Gasteiger charge is -2.16. The zero-order valence-corrected chi connectivity index (χ0v) is 6.75. The molecule has 1 unspecified atom stereocenters. The number of allylic oxidation sites excluding steroid dienone is 4. The van der Waals surface area contributed by atoms with Crippen molar-refractivity contribution in [2.75, 3.05) is 0 Å². The van der Waals surface area contributed by atoms with Crippen LogP contribution in [0, 0.1) is 5.92 Å². The maximum absolute atomic E-state index is 10.9. The summed E-state index contributed by atoms with van der Waals surface area (Å²) in [4.78, 5) is 16.1. The van der Waals surface area contributed by atoms with E-state index in [0.717, 1.165) is 18.6 Å². The molecule has 0 bridgehead atoms. The molecule has 1 amide bonds. The van der Waals surface area contributed by atoms with Crippen LogP contribution in [0.2, 0.25) is 0 Å². The molecule has 64 valence electrons. The van der Waals surface area contributed by atoms with Gasteiger partial charge in [-0.05, 0) is 18.9 Å². The standard InChI is InChI=1S/C9H11NO2/c11-9-6-5-7-3-1-2-4-8(7)12-10-9/h1-2,4,7H,3,5-6H2,(H,10,11). The van der Waals surface area contributed by atoms with E-state index in [4.69, 9.17) is 4.84 Å². The van der Waals surface area contributed by atoms with Gasteiger partial charge < -0.3 is 4.84 Å². The lowest BCUT2D eigenvalue weighted by molar-refractivity contribution is -0.129. The van der Waals surface area contributed by atoms with Crippen molar-refractivity contribution in [3.63, 3.8) is 0 Å². The Bertz CT molecular complexity index is 255. The van der Waals surface area contributed by atoms with Gasteiger partial charge in [0.25, 0.3) is 5.91 Å². The number of fused-ring (bicyclic) bond motifs is 1. The summed E-state index contributed by atoms with van der Waals surface area (Å²) in [5.74, 6) is 1.27. The molecule has 1 heterocycles. The second-order valence-corrected chi connectivity index (χ2v) is 3.10. The molecule has 0 saturated carbocycles. The predicted octanol–water partition coefficient (Wildman–Crippen LogP) is 1.29. The summed E-state index contributed by atoms with van der Waals surface area (Å²) >= 11 is 0. The molecular weight excluding hydrogens is 154 g/mol. The Morgan fingerprint density at radius 2 is 2.50 bits per heavy atom. The number of carbonyl (C=O) groups excluding carboxylic acids is 1. The summed E-state index contributed by atoms with van der Waals surface area (Å²) in [6, 6.07) is 0. The first-order valence-corrected chi connectivity index (χ1v) is 4.18. The first-order valence-electron chi connectivity index (χ1n) is 4.18. The van der Waals surface area contributed by atoms with E-state index in [2.05, 4.69) is 11.6 Å². The monoisotopic (exact) mass is 165 g/mol. The van der Waals surface area contributed by atoms with Crippen LogP contribution in [0.1, 0.15) is 19.3 Å². The molecule has 0 radical (unpaired) electrons. The quantitative estimate of drug-likeness (QED) is 0.587. The van der Waals surface area contributed by atoms with Crippen LogP contribution in [0.15, 0.2) is 24.0 Å². The molecule has 0 aromatic carbocycles. The van der Waals surface area contributed by atoms with E-state index in [1.165, 1.54) is 0 Å². The summed E-state index contributed by atoms with van der Waals surface area (Å²) < 4.78 is 0. The van der Waals surface area contributed by atoms with E-state index in [1.807, 2.05) is 12.2 Å². The maximum atomic E-state index is 10.9. The van der Waals surface area contributed by atoms with Crippen molar-refractivity contribution in [3.05, 3.63) is 24.0 Å². The lowest BCUT2D eigenvalue weighted by Crippen LogP contribution is -2.20. The molecule has 1 aliphatic carbocycles. The van der Waals surface area contributed by atoms with Crippen LogP contribution in [-0.2, 0) is 9.63 Å². The maximum Gasteiger partial charge on any atom is 0.252 e. The van der Waals surface area contributed by atoms with Crippen molar-refractivity contribution in [1.29, 1.82) is 0 Å². The second kappa shape index (κ2) is 3.01. The van der Waals surface area contributed by atoms with Crippen molar-refractivity contribution < 1.29 is 9.63 Å². The minimum atomic E-state index is -0.0229. The average Bonchev–Trinajstić information content (AvgIpc) is 2.29. The van der Waals surface area contributed by atoms with Crippen LogP contribution in [0.25, 0.3) is 0 Å². The van der Waals surface area contributed by atoms with Crippen molar-refractivity contribution >= 4 is 5.91 Å². The van der Waals surface area contributed by atoms with E-state index in [1.54, 1.807) is 0 Å². The van der Waals surface area contributed by atoms with Gasteiger partial charge in [0.05, 0.1) is 0 Å². The van der Waals surface area contributed by atoms with Gasteiger partial charge in [0.1, 0.15) is 5.76 Å². The SMILES string of the molecule is O=C1CCC2CC=CC=C2ON1. The fourth-order valence-corrected chi connectivity index (χ4v) is 1.51. The van der Waals surface area contributed by atoms with Crippen molar-refractivity contribution in [1.82, 2.24) is 5.48 Å². The van der Waals surface area contributed by atoms with Gasteiger partial charge in [0.15, 0.2) is 0 Å². The van der Waals surface area contributed by atoms with Gasteiger partial charge in [0, 0.05) is 12.3 Å². The molecule has 1 N–H and O–H groups in total. The van der Waals surface area contributed by atoms with E-state index in [9.17, 15) is 4.79 Å². The molecule has 0 aromatic rings. The smallest absolute Gasteiger partial charge is 0.252 e. The Hall–Kier alpha value is -1.25. The third-order valence-electron chi connectivity index (χ3n) is 2.22. The summed E-state index contributed by atoms with van der Waals surface area (Å²) in [7, 11) is 0. The Labute approximate surface area is 71.0 Å². The minimum Gasteiger partial charge on any atom is -0.384 e. The Morgan fingerprint density at radius 3 is 3.42 bits per heavy atom. The molecule has 2 rings (SSSR count). The first-order chi connectivity index (χ1) is 5.86. The fourth-order valence-electron chi connectivity index (χ4n) is 1.51. The predicted molar refractivity (Wildman–Crippen MR) is 43.8 cm³/mol. The minimum absolute atomic E-state index is 0.0229. The highest BCUT2D eigenvalue weighted by Gasteiger charge is 2.22. The first kappa shape index (κ1) is 7.40. The Kier molecular flexibility index (Phi) is 1.86. The van der Waals surface area contributed by atoms with Crippen molar-refractivity contribution in [3.8, 4) is 0 Å². The third kappa shape index (κ3) is 1.35. The number of amides is 1. The van der Waals surface area contributed by atoms with E-state index >= 15 is 0 Å². The number of hydrogen-bond acceptors (Lipinski definition) is 2. The van der Waals surface area contributed by atoms with Crippen molar-refractivity contribution in [2.24, 2.45) is 5.92 Å². The third-order valence-corrected chi connectivity index (χ3v) is 2.22.